The van der Waals surface area contributed by atoms with E-state index in [1.54, 1.807) is 13.8 Å². The van der Waals surface area contributed by atoms with Crippen molar-refractivity contribution in [3.8, 4) is 0 Å². The van der Waals surface area contributed by atoms with Crippen LogP contribution in [0.3, 0.4) is 0 Å². The number of esters is 1. The summed E-state index contributed by atoms with van der Waals surface area (Å²) in [5.41, 5.74) is 3.01. The summed E-state index contributed by atoms with van der Waals surface area (Å²) in [4.78, 5) is 31.1. The summed E-state index contributed by atoms with van der Waals surface area (Å²) in [5, 5.41) is 3.56. The third kappa shape index (κ3) is 4.25. The minimum absolute atomic E-state index is 0.195. The fourth-order valence-electron chi connectivity index (χ4n) is 3.58. The molecule has 0 spiro atoms. The molecular formula is C22H24N2O4S2. The van der Waals surface area contributed by atoms with Crippen molar-refractivity contribution in [3.63, 3.8) is 0 Å². The van der Waals surface area contributed by atoms with Gasteiger partial charge in [0.15, 0.2) is 5.58 Å². The lowest BCUT2D eigenvalue weighted by Crippen LogP contribution is -2.23. The first-order valence-electron chi connectivity index (χ1n) is 10.1. The molecule has 158 valence electrons. The number of nitrogens with zero attached hydrogens (tertiary/aromatic N) is 1. The Bertz CT molecular complexity index is 1060. The molecule has 2 heterocycles. The number of nitrogens with one attached hydrogen (secondary N) is 1. The van der Waals surface area contributed by atoms with Crippen molar-refractivity contribution in [2.45, 2.75) is 50.5 Å². The normalized spacial score (nSPS) is 16.8. The van der Waals surface area contributed by atoms with E-state index in [2.05, 4.69) is 17.2 Å². The zero-order valence-electron chi connectivity index (χ0n) is 17.2. The highest BCUT2D eigenvalue weighted by molar-refractivity contribution is 8.00. The Morgan fingerprint density at radius 2 is 2.20 bits per heavy atom. The van der Waals surface area contributed by atoms with Crippen LogP contribution in [0.15, 0.2) is 33.9 Å². The summed E-state index contributed by atoms with van der Waals surface area (Å²) in [7, 11) is 0. The van der Waals surface area contributed by atoms with E-state index in [0.29, 0.717) is 33.9 Å². The lowest BCUT2D eigenvalue weighted by molar-refractivity contribution is -0.115. The van der Waals surface area contributed by atoms with Crippen LogP contribution in [0.25, 0.3) is 11.1 Å². The summed E-state index contributed by atoms with van der Waals surface area (Å²) >= 11 is 2.75. The van der Waals surface area contributed by atoms with Crippen molar-refractivity contribution in [1.82, 2.24) is 4.98 Å². The van der Waals surface area contributed by atoms with Gasteiger partial charge in [0, 0.05) is 4.88 Å². The predicted octanol–water partition coefficient (Wildman–Crippen LogP) is 5.31. The quantitative estimate of drug-likeness (QED) is 0.410. The average Bonchev–Trinajstić information content (AvgIpc) is 3.27. The largest absolute Gasteiger partial charge is 0.462 e. The fourth-order valence-corrected chi connectivity index (χ4v) is 5.74. The number of thiophene rings is 1. The van der Waals surface area contributed by atoms with Gasteiger partial charge in [0.05, 0.1) is 17.4 Å². The first-order valence-corrected chi connectivity index (χ1v) is 11.8. The second-order valence-corrected chi connectivity index (χ2v) is 9.87. The Morgan fingerprint density at radius 3 is 2.97 bits per heavy atom. The lowest BCUT2D eigenvalue weighted by Gasteiger charge is -2.18. The van der Waals surface area contributed by atoms with E-state index in [1.165, 1.54) is 28.0 Å². The second-order valence-electron chi connectivity index (χ2n) is 7.47. The van der Waals surface area contributed by atoms with Gasteiger partial charge in [-0.15, -0.1) is 11.3 Å². The van der Waals surface area contributed by atoms with Gasteiger partial charge in [-0.2, -0.15) is 0 Å². The maximum atomic E-state index is 12.9. The standard InChI is InChI=1S/C22H24N2O4S2/c1-4-27-21(26)18-14-10-9-12(2)11-17(14)30-20(18)24-19(25)13(3)29-22-23-15-7-5-6-8-16(15)28-22/h5-8,12-13H,4,9-11H2,1-3H3,(H,24,25). The van der Waals surface area contributed by atoms with Crippen LogP contribution in [-0.4, -0.2) is 28.7 Å². The van der Waals surface area contributed by atoms with Crippen LogP contribution in [0.4, 0.5) is 5.00 Å². The van der Waals surface area contributed by atoms with Gasteiger partial charge in [-0.1, -0.05) is 30.8 Å². The van der Waals surface area contributed by atoms with Crippen LogP contribution >= 0.6 is 23.1 Å². The zero-order chi connectivity index (χ0) is 21.3. The van der Waals surface area contributed by atoms with Gasteiger partial charge in [0.2, 0.25) is 5.91 Å². The van der Waals surface area contributed by atoms with Gasteiger partial charge >= 0.3 is 5.97 Å². The average molecular weight is 445 g/mol. The first-order chi connectivity index (χ1) is 14.5. The minimum atomic E-state index is -0.439. The summed E-state index contributed by atoms with van der Waals surface area (Å²) in [6, 6.07) is 7.50. The number of carbonyl (C=O) groups is 2. The summed E-state index contributed by atoms with van der Waals surface area (Å²) in [5.74, 6) is 0.0157. The summed E-state index contributed by atoms with van der Waals surface area (Å²) in [6.07, 6.45) is 2.80. The van der Waals surface area contributed by atoms with Crippen molar-refractivity contribution in [3.05, 3.63) is 40.3 Å². The van der Waals surface area contributed by atoms with Gasteiger partial charge in [-0.3, -0.25) is 4.79 Å². The summed E-state index contributed by atoms with van der Waals surface area (Å²) in [6.45, 7) is 6.10. The molecule has 0 fully saturated rings. The molecule has 2 aromatic heterocycles. The van der Waals surface area contributed by atoms with Crippen LogP contribution in [0.2, 0.25) is 0 Å². The number of ether oxygens (including phenoxy) is 1. The highest BCUT2D eigenvalue weighted by Gasteiger charge is 2.30. The molecule has 1 N–H and O–H groups in total. The molecule has 3 aromatic rings. The number of carbonyl (C=O) groups excluding carboxylic acids is 2. The van der Waals surface area contributed by atoms with E-state index in [0.717, 1.165) is 30.3 Å². The predicted molar refractivity (Wildman–Crippen MR) is 119 cm³/mol. The van der Waals surface area contributed by atoms with Gasteiger partial charge in [0.1, 0.15) is 10.5 Å². The SMILES string of the molecule is CCOC(=O)c1c(NC(=O)C(C)Sc2nc3ccccc3o2)sc2c1CCC(C)C2. The number of rotatable bonds is 6. The van der Waals surface area contributed by atoms with Crippen molar-refractivity contribution in [1.29, 1.82) is 0 Å². The van der Waals surface area contributed by atoms with Crippen molar-refractivity contribution in [2.75, 3.05) is 11.9 Å². The Labute approximate surface area is 183 Å². The van der Waals surface area contributed by atoms with Gasteiger partial charge in [0.25, 0.3) is 5.22 Å². The molecular weight excluding hydrogens is 420 g/mol. The Hall–Kier alpha value is -2.32. The molecule has 0 saturated heterocycles. The zero-order valence-corrected chi connectivity index (χ0v) is 18.8. The molecule has 2 atom stereocenters. The smallest absolute Gasteiger partial charge is 0.341 e. The molecule has 1 aliphatic carbocycles. The number of para-hydroxylation sites is 2. The number of hydrogen-bond acceptors (Lipinski definition) is 7. The number of amides is 1. The third-order valence-electron chi connectivity index (χ3n) is 5.15. The van der Waals surface area contributed by atoms with E-state index in [4.69, 9.17) is 9.15 Å². The van der Waals surface area contributed by atoms with E-state index < -0.39 is 5.25 Å². The number of anilines is 1. The van der Waals surface area contributed by atoms with Gasteiger partial charge < -0.3 is 14.5 Å². The van der Waals surface area contributed by atoms with Crippen LogP contribution in [-0.2, 0) is 22.4 Å². The number of thioether (sulfide) groups is 1. The molecule has 0 bridgehead atoms. The topological polar surface area (TPSA) is 81.4 Å². The lowest BCUT2D eigenvalue weighted by atomic mass is 9.88. The Morgan fingerprint density at radius 1 is 1.40 bits per heavy atom. The minimum Gasteiger partial charge on any atom is -0.462 e. The molecule has 0 aliphatic heterocycles. The molecule has 30 heavy (non-hydrogen) atoms. The first kappa shape index (κ1) is 20.9. The van der Waals surface area contributed by atoms with Crippen molar-refractivity contribution in [2.24, 2.45) is 5.92 Å². The number of aromatic nitrogens is 1. The fraction of sp³-hybridized carbons (Fsp3) is 0.409. The van der Waals surface area contributed by atoms with Gasteiger partial charge in [-0.25, -0.2) is 9.78 Å². The second kappa shape index (κ2) is 8.81. The van der Waals surface area contributed by atoms with Crippen LogP contribution in [0.5, 0.6) is 0 Å². The van der Waals surface area contributed by atoms with E-state index >= 15 is 0 Å². The molecule has 1 amide bonds. The number of fused-ring (bicyclic) bond motifs is 2. The molecule has 8 heteroatoms. The Balaban J connectivity index is 1.53. The number of hydrogen-bond donors (Lipinski definition) is 1. The molecule has 0 radical (unpaired) electrons. The summed E-state index contributed by atoms with van der Waals surface area (Å²) < 4.78 is 11.0. The number of benzene rings is 1. The van der Waals surface area contributed by atoms with Crippen LogP contribution in [0.1, 0.15) is 48.0 Å². The maximum Gasteiger partial charge on any atom is 0.341 e. The molecule has 1 aromatic carbocycles. The Kier molecular flexibility index (Phi) is 6.15. The third-order valence-corrected chi connectivity index (χ3v) is 7.26. The van der Waals surface area contributed by atoms with E-state index in [-0.39, 0.29) is 11.9 Å². The molecule has 0 saturated carbocycles. The highest BCUT2D eigenvalue weighted by Crippen LogP contribution is 2.40. The van der Waals surface area contributed by atoms with Crippen LogP contribution < -0.4 is 5.32 Å². The van der Waals surface area contributed by atoms with E-state index in [1.807, 2.05) is 24.3 Å². The number of oxazole rings is 1. The van der Waals surface area contributed by atoms with Gasteiger partial charge in [-0.05, 0) is 56.7 Å². The van der Waals surface area contributed by atoms with Crippen molar-refractivity contribution >= 4 is 51.1 Å². The molecule has 2 unspecified atom stereocenters. The maximum absolute atomic E-state index is 12.9. The van der Waals surface area contributed by atoms with Crippen molar-refractivity contribution < 1.29 is 18.7 Å². The van der Waals surface area contributed by atoms with Crippen LogP contribution in [0, 0.1) is 5.92 Å². The van der Waals surface area contributed by atoms with E-state index in [9.17, 15) is 9.59 Å². The molecule has 4 rings (SSSR count). The molecule has 6 nitrogen and oxygen atoms in total. The molecule has 1 aliphatic rings. The highest BCUT2D eigenvalue weighted by atomic mass is 32.2. The monoisotopic (exact) mass is 444 g/mol.